The van der Waals surface area contributed by atoms with Crippen LogP contribution in [0.25, 0.3) is 0 Å². The number of hydrogen-bond donors (Lipinski definition) is 2. The van der Waals surface area contributed by atoms with Gasteiger partial charge in [-0.15, -0.1) is 0 Å². The average Bonchev–Trinajstić information content (AvgIpc) is 2.98. The van der Waals surface area contributed by atoms with Gasteiger partial charge in [0.1, 0.15) is 4.88 Å². The number of nitrogens with one attached hydrogen (secondary N) is 2. The van der Waals surface area contributed by atoms with Gasteiger partial charge in [-0.05, 0) is 49.6 Å². The number of amides is 1. The van der Waals surface area contributed by atoms with Crippen LogP contribution >= 0.6 is 22.9 Å². The first-order valence-corrected chi connectivity index (χ1v) is 9.57. The van der Waals surface area contributed by atoms with Gasteiger partial charge in [0.25, 0.3) is 5.91 Å². The molecule has 0 spiro atoms. The van der Waals surface area contributed by atoms with Gasteiger partial charge < -0.3 is 10.6 Å². The molecule has 0 aliphatic heterocycles. The first kappa shape index (κ1) is 18.4. The van der Waals surface area contributed by atoms with Crippen LogP contribution in [0.1, 0.15) is 33.4 Å². The summed E-state index contributed by atoms with van der Waals surface area (Å²) in [6.45, 7) is 5.90. The van der Waals surface area contributed by atoms with E-state index in [9.17, 15) is 4.79 Å². The number of rotatable bonds is 5. The number of para-hydroxylation sites is 1. The highest BCUT2D eigenvalue weighted by atomic mass is 35.5. The second kappa shape index (κ2) is 7.89. The van der Waals surface area contributed by atoms with Gasteiger partial charge in [-0.3, -0.25) is 4.79 Å². The van der Waals surface area contributed by atoms with E-state index in [4.69, 9.17) is 11.6 Å². The smallest absolute Gasteiger partial charge is 0.267 e. The number of nitrogens with zero attached hydrogens (tertiary/aromatic N) is 1. The zero-order valence-corrected chi connectivity index (χ0v) is 16.5. The second-order valence-electron chi connectivity index (χ2n) is 6.01. The molecule has 2 aromatic carbocycles. The van der Waals surface area contributed by atoms with Crippen molar-refractivity contribution in [2.45, 2.75) is 27.2 Å². The quantitative estimate of drug-likeness (QED) is 0.568. The van der Waals surface area contributed by atoms with Crippen molar-refractivity contribution in [2.24, 2.45) is 0 Å². The highest BCUT2D eigenvalue weighted by molar-refractivity contribution is 7.17. The summed E-state index contributed by atoms with van der Waals surface area (Å²) in [6, 6.07) is 13.6. The normalized spacial score (nSPS) is 10.6. The lowest BCUT2D eigenvalue weighted by Gasteiger charge is -2.08. The van der Waals surface area contributed by atoms with Gasteiger partial charge in [-0.1, -0.05) is 54.1 Å². The Bertz CT molecular complexity index is 952. The molecule has 3 rings (SSSR count). The van der Waals surface area contributed by atoms with E-state index in [-0.39, 0.29) is 5.91 Å². The number of aryl methyl sites for hydroxylation is 3. The van der Waals surface area contributed by atoms with Crippen LogP contribution < -0.4 is 10.6 Å². The molecule has 1 aromatic heterocycles. The number of halogens is 1. The van der Waals surface area contributed by atoms with Gasteiger partial charge in [-0.25, -0.2) is 4.98 Å². The van der Waals surface area contributed by atoms with Crippen molar-refractivity contribution in [3.05, 3.63) is 69.2 Å². The standard InChI is InChI=1S/C20H20ClN3OS/c1-4-14-7-5-6-8-16(14)24-20-22-13(3)18(26-20)19(25)23-17-10-9-12(2)11-15(17)21/h5-11H,4H2,1-3H3,(H,22,24)(H,23,25). The Morgan fingerprint density at radius 2 is 1.92 bits per heavy atom. The van der Waals surface area contributed by atoms with E-state index >= 15 is 0 Å². The zero-order valence-electron chi connectivity index (χ0n) is 14.9. The van der Waals surface area contributed by atoms with E-state index in [0.717, 1.165) is 17.7 Å². The summed E-state index contributed by atoms with van der Waals surface area (Å²) in [5.74, 6) is -0.206. The van der Waals surface area contributed by atoms with Crippen molar-refractivity contribution in [1.82, 2.24) is 4.98 Å². The minimum Gasteiger partial charge on any atom is -0.331 e. The minimum atomic E-state index is -0.206. The molecule has 2 N–H and O–H groups in total. The fourth-order valence-corrected chi connectivity index (χ4v) is 3.78. The SMILES string of the molecule is CCc1ccccc1Nc1nc(C)c(C(=O)Nc2ccc(C)cc2Cl)s1. The summed E-state index contributed by atoms with van der Waals surface area (Å²) in [5, 5.41) is 7.41. The molecule has 0 atom stereocenters. The third kappa shape index (κ3) is 4.06. The molecular formula is C20H20ClN3OS. The molecular weight excluding hydrogens is 366 g/mol. The van der Waals surface area contributed by atoms with Crippen molar-refractivity contribution in [1.29, 1.82) is 0 Å². The third-order valence-electron chi connectivity index (χ3n) is 4.02. The number of aromatic nitrogens is 1. The minimum absolute atomic E-state index is 0.206. The molecule has 3 aromatic rings. The summed E-state index contributed by atoms with van der Waals surface area (Å²) in [7, 11) is 0. The van der Waals surface area contributed by atoms with E-state index in [0.29, 0.717) is 26.4 Å². The topological polar surface area (TPSA) is 54.0 Å². The van der Waals surface area contributed by atoms with Gasteiger partial charge in [0, 0.05) is 5.69 Å². The highest BCUT2D eigenvalue weighted by Crippen LogP contribution is 2.29. The molecule has 0 bridgehead atoms. The Morgan fingerprint density at radius 3 is 2.65 bits per heavy atom. The fraction of sp³-hybridized carbons (Fsp3) is 0.200. The number of anilines is 3. The Labute approximate surface area is 162 Å². The summed E-state index contributed by atoms with van der Waals surface area (Å²) >= 11 is 7.54. The molecule has 0 unspecified atom stereocenters. The Morgan fingerprint density at radius 1 is 1.15 bits per heavy atom. The Hall–Kier alpha value is -2.37. The molecule has 6 heteroatoms. The highest BCUT2D eigenvalue weighted by Gasteiger charge is 2.17. The number of carbonyl (C=O) groups excluding carboxylic acids is 1. The van der Waals surface area contributed by atoms with Crippen molar-refractivity contribution >= 4 is 45.4 Å². The summed E-state index contributed by atoms with van der Waals surface area (Å²) in [6.07, 6.45) is 0.923. The van der Waals surface area contributed by atoms with Gasteiger partial charge in [-0.2, -0.15) is 0 Å². The molecule has 1 heterocycles. The summed E-state index contributed by atoms with van der Waals surface area (Å²) in [4.78, 5) is 17.7. The van der Waals surface area contributed by atoms with E-state index in [1.54, 1.807) is 0 Å². The van der Waals surface area contributed by atoms with Gasteiger partial charge in [0.15, 0.2) is 5.13 Å². The maximum atomic E-state index is 12.6. The van der Waals surface area contributed by atoms with E-state index in [1.807, 2.05) is 50.2 Å². The summed E-state index contributed by atoms with van der Waals surface area (Å²) < 4.78 is 0. The van der Waals surface area contributed by atoms with Crippen LogP contribution in [0.2, 0.25) is 5.02 Å². The molecule has 134 valence electrons. The fourth-order valence-electron chi connectivity index (χ4n) is 2.63. The Balaban J connectivity index is 1.80. The lowest BCUT2D eigenvalue weighted by atomic mass is 10.1. The molecule has 0 saturated carbocycles. The van der Waals surface area contributed by atoms with Crippen LogP contribution in [-0.2, 0) is 6.42 Å². The predicted molar refractivity (Wildman–Crippen MR) is 110 cm³/mol. The van der Waals surface area contributed by atoms with Crippen LogP contribution in [0.3, 0.4) is 0 Å². The van der Waals surface area contributed by atoms with E-state index in [1.165, 1.54) is 16.9 Å². The number of hydrogen-bond acceptors (Lipinski definition) is 4. The largest absolute Gasteiger partial charge is 0.331 e. The summed E-state index contributed by atoms with van der Waals surface area (Å²) in [5.41, 5.74) is 4.55. The van der Waals surface area contributed by atoms with E-state index < -0.39 is 0 Å². The number of thiazole rings is 1. The maximum absolute atomic E-state index is 12.6. The van der Waals surface area contributed by atoms with Crippen LogP contribution in [0.15, 0.2) is 42.5 Å². The molecule has 1 amide bonds. The third-order valence-corrected chi connectivity index (χ3v) is 5.40. The molecule has 0 radical (unpaired) electrons. The van der Waals surface area contributed by atoms with Crippen molar-refractivity contribution in [3.8, 4) is 0 Å². The average molecular weight is 386 g/mol. The molecule has 4 nitrogen and oxygen atoms in total. The van der Waals surface area contributed by atoms with Crippen molar-refractivity contribution < 1.29 is 4.79 Å². The zero-order chi connectivity index (χ0) is 18.7. The molecule has 0 aliphatic rings. The van der Waals surface area contributed by atoms with Crippen LogP contribution in [0, 0.1) is 13.8 Å². The monoisotopic (exact) mass is 385 g/mol. The van der Waals surface area contributed by atoms with Gasteiger partial charge in [0.2, 0.25) is 0 Å². The van der Waals surface area contributed by atoms with Gasteiger partial charge >= 0.3 is 0 Å². The number of carbonyl (C=O) groups is 1. The lowest BCUT2D eigenvalue weighted by Crippen LogP contribution is -2.11. The van der Waals surface area contributed by atoms with Crippen LogP contribution in [0.4, 0.5) is 16.5 Å². The van der Waals surface area contributed by atoms with Crippen LogP contribution in [-0.4, -0.2) is 10.9 Å². The van der Waals surface area contributed by atoms with Gasteiger partial charge in [0.05, 0.1) is 16.4 Å². The molecule has 26 heavy (non-hydrogen) atoms. The van der Waals surface area contributed by atoms with E-state index in [2.05, 4.69) is 28.6 Å². The lowest BCUT2D eigenvalue weighted by molar-refractivity contribution is 0.103. The first-order chi connectivity index (χ1) is 12.5. The molecule has 0 aliphatic carbocycles. The first-order valence-electron chi connectivity index (χ1n) is 8.37. The van der Waals surface area contributed by atoms with Crippen LogP contribution in [0.5, 0.6) is 0 Å². The maximum Gasteiger partial charge on any atom is 0.267 e. The molecule has 0 saturated heterocycles. The van der Waals surface area contributed by atoms with Crippen molar-refractivity contribution in [3.63, 3.8) is 0 Å². The Kier molecular flexibility index (Phi) is 5.59. The number of benzene rings is 2. The van der Waals surface area contributed by atoms with Crippen molar-refractivity contribution in [2.75, 3.05) is 10.6 Å². The second-order valence-corrected chi connectivity index (χ2v) is 7.41. The predicted octanol–water partition coefficient (Wildman–Crippen LogP) is 5.97. The molecule has 0 fully saturated rings.